The first-order valence-corrected chi connectivity index (χ1v) is 12.4. The number of piperidine rings is 1. The van der Waals surface area contributed by atoms with Crippen molar-refractivity contribution < 1.29 is 0 Å². The number of hydrogen-bond donors (Lipinski definition) is 3. The molecule has 4 aromatic rings. The molecule has 34 heavy (non-hydrogen) atoms. The number of rotatable bonds is 4. The summed E-state index contributed by atoms with van der Waals surface area (Å²) in [4.78, 5) is 29.2. The fourth-order valence-corrected chi connectivity index (χ4v) is 6.16. The molecule has 1 atom stereocenters. The Labute approximate surface area is 206 Å². The molecule has 1 fully saturated rings. The highest BCUT2D eigenvalue weighted by Gasteiger charge is 2.46. The van der Waals surface area contributed by atoms with Crippen LogP contribution in [0.4, 0.5) is 11.8 Å². The van der Waals surface area contributed by atoms with Gasteiger partial charge in [0, 0.05) is 49.2 Å². The number of halogens is 1. The standard InChI is InChI=1S/C23H24ClN9S/c1-26-19-17(24)15(4-8-28-19)34-16-12-29-20-21(30-16)32-22(31-20)33-9-5-23(6-10-33)11-14-13(18(23)25)3-2-7-27-14/h2-4,7-8,12,18H,5-6,9-11,25H2,1H3,(H,26,28)(H,29,30,31,32)/t18-/m1/s1. The van der Waals surface area contributed by atoms with Crippen LogP contribution >= 0.6 is 23.4 Å². The summed E-state index contributed by atoms with van der Waals surface area (Å²) in [6.07, 6.45) is 8.26. The second kappa shape index (κ2) is 8.37. The number of anilines is 2. The molecule has 174 valence electrons. The van der Waals surface area contributed by atoms with Gasteiger partial charge in [0.25, 0.3) is 0 Å². The number of imidazole rings is 1. The zero-order chi connectivity index (χ0) is 23.3. The molecular weight excluding hydrogens is 470 g/mol. The lowest BCUT2D eigenvalue weighted by molar-refractivity contribution is 0.186. The van der Waals surface area contributed by atoms with E-state index in [1.54, 1.807) is 19.4 Å². The van der Waals surface area contributed by atoms with Crippen molar-refractivity contribution in [1.82, 2.24) is 29.9 Å². The van der Waals surface area contributed by atoms with Gasteiger partial charge in [-0.2, -0.15) is 4.98 Å². The summed E-state index contributed by atoms with van der Waals surface area (Å²) in [7, 11) is 1.79. The van der Waals surface area contributed by atoms with Crippen molar-refractivity contribution in [2.45, 2.75) is 35.2 Å². The summed E-state index contributed by atoms with van der Waals surface area (Å²) < 4.78 is 0. The van der Waals surface area contributed by atoms with E-state index in [-0.39, 0.29) is 11.5 Å². The Bertz CT molecular complexity index is 1370. The topological polar surface area (TPSA) is 122 Å². The molecule has 1 saturated heterocycles. The van der Waals surface area contributed by atoms with E-state index in [1.807, 2.05) is 18.3 Å². The zero-order valence-electron chi connectivity index (χ0n) is 18.6. The van der Waals surface area contributed by atoms with Crippen molar-refractivity contribution in [2.24, 2.45) is 11.1 Å². The zero-order valence-corrected chi connectivity index (χ0v) is 20.2. The van der Waals surface area contributed by atoms with Crippen LogP contribution in [-0.2, 0) is 6.42 Å². The van der Waals surface area contributed by atoms with Crippen LogP contribution in [0.3, 0.4) is 0 Å². The number of H-pyrrole nitrogens is 1. The van der Waals surface area contributed by atoms with Crippen LogP contribution in [0.1, 0.15) is 30.1 Å². The van der Waals surface area contributed by atoms with Gasteiger partial charge in [0.15, 0.2) is 11.3 Å². The molecule has 4 aromatic heterocycles. The predicted molar refractivity (Wildman–Crippen MR) is 133 cm³/mol. The van der Waals surface area contributed by atoms with Gasteiger partial charge in [-0.3, -0.25) is 4.98 Å². The van der Waals surface area contributed by atoms with Gasteiger partial charge < -0.3 is 20.9 Å². The highest BCUT2D eigenvalue weighted by molar-refractivity contribution is 7.99. The normalized spacial score (nSPS) is 19.0. The first kappa shape index (κ1) is 21.6. The fraction of sp³-hybridized carbons (Fsp3) is 0.348. The second-order valence-electron chi connectivity index (χ2n) is 8.81. The summed E-state index contributed by atoms with van der Waals surface area (Å²) >= 11 is 7.88. The Morgan fingerprint density at radius 3 is 2.82 bits per heavy atom. The predicted octanol–water partition coefficient (Wildman–Crippen LogP) is 3.83. The van der Waals surface area contributed by atoms with Gasteiger partial charge in [-0.15, -0.1) is 0 Å². The number of nitrogens with one attached hydrogen (secondary N) is 2. The smallest absolute Gasteiger partial charge is 0.206 e. The van der Waals surface area contributed by atoms with Crippen molar-refractivity contribution in [3.63, 3.8) is 0 Å². The molecule has 2 aliphatic rings. The van der Waals surface area contributed by atoms with Gasteiger partial charge in [-0.05, 0) is 42.4 Å². The third-order valence-corrected chi connectivity index (χ3v) is 8.44. The van der Waals surface area contributed by atoms with Crippen molar-refractivity contribution in [2.75, 3.05) is 30.4 Å². The van der Waals surface area contributed by atoms with E-state index in [4.69, 9.17) is 27.3 Å². The average Bonchev–Trinajstić information content (AvgIpc) is 3.40. The third kappa shape index (κ3) is 3.57. The number of aromatic amines is 1. The first-order chi connectivity index (χ1) is 16.6. The summed E-state index contributed by atoms with van der Waals surface area (Å²) in [5, 5.41) is 4.27. The number of aromatic nitrogens is 6. The molecule has 0 amide bonds. The minimum atomic E-state index is 0.0420. The number of nitrogens with two attached hydrogens (primary N) is 1. The van der Waals surface area contributed by atoms with Gasteiger partial charge >= 0.3 is 0 Å². The van der Waals surface area contributed by atoms with Crippen LogP contribution in [0.5, 0.6) is 0 Å². The Morgan fingerprint density at radius 1 is 1.18 bits per heavy atom. The minimum absolute atomic E-state index is 0.0420. The quantitative estimate of drug-likeness (QED) is 0.389. The molecule has 1 aliphatic heterocycles. The number of fused-ring (bicyclic) bond motifs is 2. The molecular formula is C23H24ClN9S. The van der Waals surface area contributed by atoms with Crippen molar-refractivity contribution in [1.29, 1.82) is 0 Å². The summed E-state index contributed by atoms with van der Waals surface area (Å²) in [5.41, 5.74) is 10.4. The van der Waals surface area contributed by atoms with E-state index in [9.17, 15) is 0 Å². The average molecular weight is 494 g/mol. The van der Waals surface area contributed by atoms with Crippen molar-refractivity contribution in [3.8, 4) is 0 Å². The molecule has 0 unspecified atom stereocenters. The largest absolute Gasteiger partial charge is 0.372 e. The highest BCUT2D eigenvalue weighted by Crippen LogP contribution is 2.50. The molecule has 0 radical (unpaired) electrons. The van der Waals surface area contributed by atoms with Gasteiger partial charge in [-0.25, -0.2) is 15.0 Å². The molecule has 11 heteroatoms. The highest BCUT2D eigenvalue weighted by atomic mass is 35.5. The second-order valence-corrected chi connectivity index (χ2v) is 10.2. The first-order valence-electron chi connectivity index (χ1n) is 11.2. The van der Waals surface area contributed by atoms with Crippen LogP contribution in [0, 0.1) is 5.41 Å². The maximum atomic E-state index is 6.69. The molecule has 0 bridgehead atoms. The van der Waals surface area contributed by atoms with E-state index < -0.39 is 0 Å². The number of hydrogen-bond acceptors (Lipinski definition) is 9. The summed E-state index contributed by atoms with van der Waals surface area (Å²) in [6, 6.07) is 6.01. The maximum absolute atomic E-state index is 6.69. The summed E-state index contributed by atoms with van der Waals surface area (Å²) in [6.45, 7) is 1.76. The minimum Gasteiger partial charge on any atom is -0.372 e. The monoisotopic (exact) mass is 493 g/mol. The SMILES string of the molecule is CNc1nccc(Sc2cnc3[nH]c(N4CCC5(CC4)Cc4ncccc4[C@H]5N)nc3n2)c1Cl. The molecule has 4 N–H and O–H groups in total. The lowest BCUT2D eigenvalue weighted by Crippen LogP contribution is -2.44. The third-order valence-electron chi connectivity index (χ3n) is 6.98. The van der Waals surface area contributed by atoms with Crippen molar-refractivity contribution >= 4 is 46.4 Å². The Balaban J connectivity index is 1.19. The van der Waals surface area contributed by atoms with E-state index in [0.717, 1.165) is 53.9 Å². The molecule has 1 spiro atoms. The molecule has 9 nitrogen and oxygen atoms in total. The molecule has 1 aliphatic carbocycles. The molecule has 5 heterocycles. The number of nitrogens with zero attached hydrogens (tertiary/aromatic N) is 6. The van der Waals surface area contributed by atoms with E-state index in [0.29, 0.717) is 22.1 Å². The lowest BCUT2D eigenvalue weighted by atomic mass is 9.73. The molecule has 6 rings (SSSR count). The van der Waals surface area contributed by atoms with Crippen LogP contribution in [0.2, 0.25) is 5.02 Å². The maximum Gasteiger partial charge on any atom is 0.206 e. The fourth-order valence-electron chi connectivity index (χ4n) is 5.06. The lowest BCUT2D eigenvalue weighted by Gasteiger charge is -2.41. The summed E-state index contributed by atoms with van der Waals surface area (Å²) in [5.74, 6) is 1.43. The van der Waals surface area contributed by atoms with Gasteiger partial charge in [0.2, 0.25) is 5.95 Å². The van der Waals surface area contributed by atoms with E-state index in [1.165, 1.54) is 17.3 Å². The molecule has 0 aromatic carbocycles. The van der Waals surface area contributed by atoms with Crippen LogP contribution < -0.4 is 16.0 Å². The van der Waals surface area contributed by atoms with Crippen LogP contribution in [0.15, 0.2) is 46.7 Å². The van der Waals surface area contributed by atoms with Crippen LogP contribution in [0.25, 0.3) is 11.3 Å². The van der Waals surface area contributed by atoms with Gasteiger partial charge in [-0.1, -0.05) is 29.4 Å². The Morgan fingerprint density at radius 2 is 2.03 bits per heavy atom. The van der Waals surface area contributed by atoms with Gasteiger partial charge in [0.1, 0.15) is 10.8 Å². The van der Waals surface area contributed by atoms with E-state index in [2.05, 4.69) is 36.2 Å². The Kier molecular flexibility index (Phi) is 5.31. The number of pyridine rings is 2. The van der Waals surface area contributed by atoms with Gasteiger partial charge in [0.05, 0.1) is 11.2 Å². The Hall–Kier alpha value is -2.95. The van der Waals surface area contributed by atoms with Crippen LogP contribution in [-0.4, -0.2) is 50.0 Å². The molecule has 0 saturated carbocycles. The van der Waals surface area contributed by atoms with E-state index >= 15 is 0 Å². The van der Waals surface area contributed by atoms with Crippen molar-refractivity contribution in [3.05, 3.63) is 53.1 Å².